The Bertz CT molecular complexity index is 1220. The van der Waals surface area contributed by atoms with Crippen LogP contribution in [0.2, 0.25) is 5.02 Å². The maximum absolute atomic E-state index is 13.1. The van der Waals surface area contributed by atoms with Crippen molar-refractivity contribution in [2.75, 3.05) is 4.90 Å². The predicted octanol–water partition coefficient (Wildman–Crippen LogP) is 5.89. The summed E-state index contributed by atoms with van der Waals surface area (Å²) in [6.45, 7) is 0. The quantitative estimate of drug-likeness (QED) is 0.283. The Labute approximate surface area is 177 Å². The van der Waals surface area contributed by atoms with Gasteiger partial charge in [0.05, 0.1) is 20.5 Å². The fraction of sp³-hybridized carbons (Fsp3) is 0. The van der Waals surface area contributed by atoms with E-state index < -0.39 is 21.9 Å². The second-order valence-corrected chi connectivity index (χ2v) is 7.52. The summed E-state index contributed by atoms with van der Waals surface area (Å²) < 4.78 is 18.8. The van der Waals surface area contributed by atoms with Crippen molar-refractivity contribution in [3.8, 4) is 11.3 Å². The van der Waals surface area contributed by atoms with E-state index in [1.165, 1.54) is 36.4 Å². The molecule has 0 bridgehead atoms. The van der Waals surface area contributed by atoms with E-state index in [2.05, 4.69) is 0 Å². The molecule has 2 heterocycles. The minimum atomic E-state index is -0.555. The molecule has 1 aromatic heterocycles. The molecule has 4 rings (SSSR count). The molecule has 30 heavy (non-hydrogen) atoms. The number of anilines is 1. The van der Waals surface area contributed by atoms with Gasteiger partial charge < -0.3 is 4.42 Å². The van der Waals surface area contributed by atoms with E-state index in [-0.39, 0.29) is 21.3 Å². The molecule has 0 unspecified atom stereocenters. The van der Waals surface area contributed by atoms with E-state index in [0.717, 1.165) is 28.8 Å². The van der Waals surface area contributed by atoms with E-state index in [9.17, 15) is 24.1 Å². The lowest BCUT2D eigenvalue weighted by molar-refractivity contribution is -0.384. The Balaban J connectivity index is 1.60. The Morgan fingerprint density at radius 3 is 2.50 bits per heavy atom. The fourth-order valence-electron chi connectivity index (χ4n) is 2.80. The zero-order valence-electron chi connectivity index (χ0n) is 14.9. The summed E-state index contributed by atoms with van der Waals surface area (Å²) in [6, 6.07) is 12.2. The van der Waals surface area contributed by atoms with Gasteiger partial charge in [-0.2, -0.15) is 0 Å². The first-order valence-corrected chi connectivity index (χ1v) is 9.60. The van der Waals surface area contributed by atoms with Gasteiger partial charge in [0.1, 0.15) is 17.3 Å². The number of halogens is 2. The van der Waals surface area contributed by atoms with Gasteiger partial charge >= 0.3 is 0 Å². The lowest BCUT2D eigenvalue weighted by Crippen LogP contribution is -2.27. The molecular formula is C20H10ClFN2O5S. The largest absolute Gasteiger partial charge is 0.457 e. The molecule has 0 atom stereocenters. The Kier molecular flexibility index (Phi) is 5.15. The van der Waals surface area contributed by atoms with Gasteiger partial charge in [0.15, 0.2) is 0 Å². The van der Waals surface area contributed by atoms with Crippen LogP contribution in [0.15, 0.2) is 63.9 Å². The second kappa shape index (κ2) is 7.77. The third kappa shape index (κ3) is 3.72. The molecule has 1 fully saturated rings. The van der Waals surface area contributed by atoms with Crippen LogP contribution in [-0.4, -0.2) is 16.1 Å². The van der Waals surface area contributed by atoms with Crippen LogP contribution in [0.5, 0.6) is 0 Å². The average Bonchev–Trinajstić information content (AvgIpc) is 3.27. The number of carbonyl (C=O) groups excluding carboxylic acids is 2. The minimum Gasteiger partial charge on any atom is -0.457 e. The third-order valence-corrected chi connectivity index (χ3v) is 5.39. The van der Waals surface area contributed by atoms with Crippen LogP contribution in [0.1, 0.15) is 5.76 Å². The smallest absolute Gasteiger partial charge is 0.298 e. The molecule has 0 radical (unpaired) electrons. The SMILES string of the molecule is O=C1S/C(=C/c2ccc(-c3ccc([N+](=O)[O-])cc3Cl)o2)C(=O)N1c1ccc(F)cc1. The molecule has 0 aliphatic carbocycles. The maximum atomic E-state index is 13.1. The van der Waals surface area contributed by atoms with Crippen LogP contribution in [-0.2, 0) is 4.79 Å². The van der Waals surface area contributed by atoms with E-state index in [1.807, 2.05) is 0 Å². The number of thioether (sulfide) groups is 1. The fourth-order valence-corrected chi connectivity index (χ4v) is 3.89. The van der Waals surface area contributed by atoms with Crippen LogP contribution in [0, 0.1) is 15.9 Å². The molecule has 2 amide bonds. The Hall–Kier alpha value is -3.43. The number of rotatable bonds is 4. The van der Waals surface area contributed by atoms with Crippen LogP contribution in [0.4, 0.5) is 20.6 Å². The van der Waals surface area contributed by atoms with Crippen molar-refractivity contribution in [1.82, 2.24) is 0 Å². The number of furan rings is 1. The van der Waals surface area contributed by atoms with Crippen LogP contribution in [0.3, 0.4) is 0 Å². The van der Waals surface area contributed by atoms with Crippen molar-refractivity contribution < 1.29 is 23.3 Å². The zero-order valence-corrected chi connectivity index (χ0v) is 16.4. The molecule has 10 heteroatoms. The van der Waals surface area contributed by atoms with Gasteiger partial charge in [0.25, 0.3) is 16.8 Å². The highest BCUT2D eigenvalue weighted by Crippen LogP contribution is 2.37. The van der Waals surface area contributed by atoms with Crippen molar-refractivity contribution in [3.63, 3.8) is 0 Å². The number of non-ortho nitro benzene ring substituents is 1. The number of amides is 2. The molecule has 1 aliphatic heterocycles. The van der Waals surface area contributed by atoms with Gasteiger partial charge in [-0.05, 0) is 54.2 Å². The van der Waals surface area contributed by atoms with Crippen molar-refractivity contribution in [2.45, 2.75) is 0 Å². The molecule has 1 aliphatic rings. The van der Waals surface area contributed by atoms with E-state index >= 15 is 0 Å². The van der Waals surface area contributed by atoms with Crippen molar-refractivity contribution in [2.24, 2.45) is 0 Å². The van der Waals surface area contributed by atoms with Crippen LogP contribution in [0.25, 0.3) is 17.4 Å². The molecule has 2 aromatic carbocycles. The average molecular weight is 445 g/mol. The zero-order chi connectivity index (χ0) is 21.4. The molecule has 0 N–H and O–H groups in total. The Morgan fingerprint density at radius 1 is 1.10 bits per heavy atom. The summed E-state index contributed by atoms with van der Waals surface area (Å²) in [6.07, 6.45) is 1.41. The third-order valence-electron chi connectivity index (χ3n) is 4.21. The van der Waals surface area contributed by atoms with Gasteiger partial charge in [-0.3, -0.25) is 19.7 Å². The summed E-state index contributed by atoms with van der Waals surface area (Å²) in [5, 5.41) is 10.5. The summed E-state index contributed by atoms with van der Waals surface area (Å²) in [5.74, 6) is -0.389. The topological polar surface area (TPSA) is 93.7 Å². The molecule has 150 valence electrons. The van der Waals surface area contributed by atoms with Crippen molar-refractivity contribution >= 4 is 52.0 Å². The van der Waals surface area contributed by atoms with Gasteiger partial charge in [0, 0.05) is 23.8 Å². The van der Waals surface area contributed by atoms with Crippen molar-refractivity contribution in [1.29, 1.82) is 0 Å². The summed E-state index contributed by atoms with van der Waals surface area (Å²) in [7, 11) is 0. The second-order valence-electron chi connectivity index (χ2n) is 6.12. The summed E-state index contributed by atoms with van der Waals surface area (Å²) >= 11 is 6.84. The van der Waals surface area contributed by atoms with Gasteiger partial charge in [-0.15, -0.1) is 0 Å². The molecular weight excluding hydrogens is 435 g/mol. The normalized spacial score (nSPS) is 15.3. The number of nitrogens with zero attached hydrogens (tertiary/aromatic N) is 2. The first-order chi connectivity index (χ1) is 14.3. The number of hydrogen-bond acceptors (Lipinski definition) is 6. The number of nitro groups is 1. The molecule has 0 spiro atoms. The van der Waals surface area contributed by atoms with E-state index in [0.29, 0.717) is 17.1 Å². The number of hydrogen-bond donors (Lipinski definition) is 0. The van der Waals surface area contributed by atoms with Crippen molar-refractivity contribution in [3.05, 3.63) is 86.2 Å². The molecule has 3 aromatic rings. The number of nitro benzene ring substituents is 1. The maximum Gasteiger partial charge on any atom is 0.298 e. The summed E-state index contributed by atoms with van der Waals surface area (Å²) in [5.41, 5.74) is 0.562. The first-order valence-electron chi connectivity index (χ1n) is 8.41. The van der Waals surface area contributed by atoms with Gasteiger partial charge in [-0.1, -0.05) is 11.6 Å². The lowest BCUT2D eigenvalue weighted by atomic mass is 10.1. The lowest BCUT2D eigenvalue weighted by Gasteiger charge is -2.11. The molecule has 1 saturated heterocycles. The number of carbonyl (C=O) groups is 2. The standard InChI is InChI=1S/C20H10ClFN2O5S/c21-16-9-13(24(27)28)5-7-15(16)17-8-6-14(29-17)10-18-19(25)23(20(26)30-18)12-3-1-11(22)2-4-12/h1-10H/b18-10+. The van der Waals surface area contributed by atoms with Gasteiger partial charge in [-0.25, -0.2) is 9.29 Å². The van der Waals surface area contributed by atoms with Gasteiger partial charge in [0.2, 0.25) is 0 Å². The van der Waals surface area contributed by atoms with E-state index in [1.54, 1.807) is 12.1 Å². The Morgan fingerprint density at radius 2 is 1.83 bits per heavy atom. The predicted molar refractivity (Wildman–Crippen MR) is 111 cm³/mol. The highest BCUT2D eigenvalue weighted by Gasteiger charge is 2.36. The summed E-state index contributed by atoms with van der Waals surface area (Å²) in [4.78, 5) is 36.3. The number of imide groups is 1. The molecule has 7 nitrogen and oxygen atoms in total. The first kappa shape index (κ1) is 19.9. The highest BCUT2D eigenvalue weighted by molar-refractivity contribution is 8.19. The number of benzene rings is 2. The highest BCUT2D eigenvalue weighted by atomic mass is 35.5. The minimum absolute atomic E-state index is 0.139. The monoisotopic (exact) mass is 444 g/mol. The van der Waals surface area contributed by atoms with Crippen LogP contribution < -0.4 is 4.90 Å². The van der Waals surface area contributed by atoms with E-state index in [4.69, 9.17) is 16.0 Å². The van der Waals surface area contributed by atoms with Crippen LogP contribution >= 0.6 is 23.4 Å². The molecule has 0 saturated carbocycles.